The summed E-state index contributed by atoms with van der Waals surface area (Å²) in [6, 6.07) is 1.05. The van der Waals surface area contributed by atoms with Crippen LogP contribution in [-0.2, 0) is 4.79 Å². The third-order valence-electron chi connectivity index (χ3n) is 3.55. The SMILES string of the molecule is C=CC(C)(CCC=C(C)C)C(C=O)C[Si](C)(C)C. The molecule has 0 heterocycles. The van der Waals surface area contributed by atoms with Gasteiger partial charge in [0.25, 0.3) is 0 Å². The minimum atomic E-state index is -1.22. The predicted octanol–water partition coefficient (Wildman–Crippen LogP) is 5.08. The Morgan fingerprint density at radius 1 is 1.33 bits per heavy atom. The third kappa shape index (κ3) is 6.34. The topological polar surface area (TPSA) is 17.1 Å². The fourth-order valence-electron chi connectivity index (χ4n) is 2.21. The maximum atomic E-state index is 11.4. The molecule has 0 radical (unpaired) electrons. The van der Waals surface area contributed by atoms with Crippen LogP contribution < -0.4 is 0 Å². The van der Waals surface area contributed by atoms with Crippen LogP contribution in [0.4, 0.5) is 0 Å². The van der Waals surface area contributed by atoms with E-state index in [2.05, 4.69) is 53.1 Å². The van der Waals surface area contributed by atoms with Crippen LogP contribution in [0.2, 0.25) is 25.7 Å². The average molecular weight is 267 g/mol. The Morgan fingerprint density at radius 3 is 2.22 bits per heavy atom. The molecule has 1 nitrogen and oxygen atoms in total. The summed E-state index contributed by atoms with van der Waals surface area (Å²) in [5.74, 6) is 0.118. The molecule has 0 aliphatic rings. The van der Waals surface area contributed by atoms with Gasteiger partial charge in [-0.2, -0.15) is 0 Å². The normalized spacial score (nSPS) is 16.6. The van der Waals surface area contributed by atoms with Crippen molar-refractivity contribution in [2.75, 3.05) is 0 Å². The fraction of sp³-hybridized carbons (Fsp3) is 0.688. The molecule has 18 heavy (non-hydrogen) atoms. The van der Waals surface area contributed by atoms with E-state index in [1.54, 1.807) is 0 Å². The highest BCUT2D eigenvalue weighted by atomic mass is 28.3. The molecule has 0 saturated carbocycles. The van der Waals surface area contributed by atoms with Crippen LogP contribution in [-0.4, -0.2) is 14.4 Å². The van der Waals surface area contributed by atoms with Gasteiger partial charge in [-0.05, 0) is 38.1 Å². The Labute approximate surface area is 114 Å². The molecule has 0 amide bonds. The number of carbonyl (C=O) groups excluding carboxylic acids is 1. The molecule has 0 rings (SSSR count). The first-order valence-corrected chi connectivity index (χ1v) is 10.6. The van der Waals surface area contributed by atoms with Crippen molar-refractivity contribution in [3.05, 3.63) is 24.3 Å². The lowest BCUT2D eigenvalue weighted by Gasteiger charge is -2.35. The molecule has 0 bridgehead atoms. The van der Waals surface area contributed by atoms with Crippen molar-refractivity contribution in [3.8, 4) is 0 Å². The van der Waals surface area contributed by atoms with E-state index < -0.39 is 8.07 Å². The van der Waals surface area contributed by atoms with Crippen molar-refractivity contribution in [2.24, 2.45) is 11.3 Å². The van der Waals surface area contributed by atoms with E-state index in [1.165, 1.54) is 5.57 Å². The van der Waals surface area contributed by atoms with Gasteiger partial charge in [-0.3, -0.25) is 0 Å². The summed E-state index contributed by atoms with van der Waals surface area (Å²) in [7, 11) is -1.22. The third-order valence-corrected chi connectivity index (χ3v) is 5.21. The van der Waals surface area contributed by atoms with Gasteiger partial charge < -0.3 is 4.79 Å². The second kappa shape index (κ2) is 7.08. The molecular formula is C16H30OSi. The van der Waals surface area contributed by atoms with E-state index in [4.69, 9.17) is 0 Å². The van der Waals surface area contributed by atoms with Crippen molar-refractivity contribution >= 4 is 14.4 Å². The molecule has 0 aromatic rings. The van der Waals surface area contributed by atoms with Gasteiger partial charge in [-0.15, -0.1) is 6.58 Å². The number of carbonyl (C=O) groups is 1. The number of aldehydes is 1. The second-order valence-electron chi connectivity index (χ2n) is 7.04. The molecule has 2 unspecified atom stereocenters. The summed E-state index contributed by atoms with van der Waals surface area (Å²) in [6.45, 7) is 17.3. The number of allylic oxidation sites excluding steroid dienone is 3. The Balaban J connectivity index is 4.82. The monoisotopic (exact) mass is 266 g/mol. The molecule has 0 aliphatic heterocycles. The predicted molar refractivity (Wildman–Crippen MR) is 84.7 cm³/mol. The smallest absolute Gasteiger partial charge is 0.123 e. The van der Waals surface area contributed by atoms with E-state index in [9.17, 15) is 4.79 Å². The molecule has 0 saturated heterocycles. The lowest BCUT2D eigenvalue weighted by atomic mass is 9.75. The molecule has 0 aliphatic carbocycles. The van der Waals surface area contributed by atoms with Crippen LogP contribution in [0.25, 0.3) is 0 Å². The lowest BCUT2D eigenvalue weighted by Crippen LogP contribution is -2.34. The summed E-state index contributed by atoms with van der Waals surface area (Å²) in [4.78, 5) is 11.4. The van der Waals surface area contributed by atoms with Gasteiger partial charge >= 0.3 is 0 Å². The summed E-state index contributed by atoms with van der Waals surface area (Å²) in [5.41, 5.74) is 1.28. The molecular weight excluding hydrogens is 236 g/mol. The maximum absolute atomic E-state index is 11.4. The van der Waals surface area contributed by atoms with E-state index in [1.807, 2.05) is 6.08 Å². The summed E-state index contributed by atoms with van der Waals surface area (Å²) >= 11 is 0. The highest BCUT2D eigenvalue weighted by Gasteiger charge is 2.33. The van der Waals surface area contributed by atoms with Crippen molar-refractivity contribution in [3.63, 3.8) is 0 Å². The molecule has 0 N–H and O–H groups in total. The maximum Gasteiger partial charge on any atom is 0.123 e. The number of hydrogen-bond donors (Lipinski definition) is 0. The van der Waals surface area contributed by atoms with Crippen LogP contribution in [0.1, 0.15) is 33.6 Å². The second-order valence-corrected chi connectivity index (χ2v) is 12.6. The largest absolute Gasteiger partial charge is 0.303 e. The van der Waals surface area contributed by atoms with Gasteiger partial charge in [0.2, 0.25) is 0 Å². The van der Waals surface area contributed by atoms with Crippen molar-refractivity contribution in [2.45, 2.75) is 59.3 Å². The van der Waals surface area contributed by atoms with E-state index in [0.29, 0.717) is 0 Å². The lowest BCUT2D eigenvalue weighted by molar-refractivity contribution is -0.113. The van der Waals surface area contributed by atoms with E-state index in [0.717, 1.165) is 25.2 Å². The van der Waals surface area contributed by atoms with Gasteiger partial charge in [0.05, 0.1) is 0 Å². The minimum absolute atomic E-state index is 0.0615. The van der Waals surface area contributed by atoms with E-state index >= 15 is 0 Å². The highest BCUT2D eigenvalue weighted by molar-refractivity contribution is 6.76. The minimum Gasteiger partial charge on any atom is -0.303 e. The number of hydrogen-bond acceptors (Lipinski definition) is 1. The highest BCUT2D eigenvalue weighted by Crippen LogP contribution is 2.38. The Morgan fingerprint density at radius 2 is 1.89 bits per heavy atom. The van der Waals surface area contributed by atoms with Gasteiger partial charge in [-0.1, -0.05) is 44.3 Å². The van der Waals surface area contributed by atoms with Gasteiger partial charge in [0.1, 0.15) is 6.29 Å². The van der Waals surface area contributed by atoms with Crippen molar-refractivity contribution in [1.29, 1.82) is 0 Å². The summed E-state index contributed by atoms with van der Waals surface area (Å²) in [5, 5.41) is 0. The fourth-order valence-corrected chi connectivity index (χ4v) is 4.09. The number of rotatable bonds is 8. The zero-order chi connectivity index (χ0) is 14.4. The first-order valence-electron chi connectivity index (χ1n) is 6.87. The standard InChI is InChI=1S/C16H30OSi/c1-8-16(4,11-9-10-14(2)3)15(12-17)13-18(5,6)7/h8,10,12,15H,1,9,11,13H2,2-7H3. The van der Waals surface area contributed by atoms with Crippen LogP contribution in [0.5, 0.6) is 0 Å². The first kappa shape index (κ1) is 17.4. The Hall–Kier alpha value is -0.633. The Bertz CT molecular complexity index is 308. The molecule has 0 aromatic carbocycles. The molecule has 0 spiro atoms. The van der Waals surface area contributed by atoms with Crippen molar-refractivity contribution in [1.82, 2.24) is 0 Å². The quantitative estimate of drug-likeness (QED) is 0.340. The first-order chi connectivity index (χ1) is 8.14. The zero-order valence-corrected chi connectivity index (χ0v) is 14.0. The van der Waals surface area contributed by atoms with Crippen LogP contribution in [0.15, 0.2) is 24.3 Å². The zero-order valence-electron chi connectivity index (χ0n) is 13.0. The molecule has 0 aromatic heterocycles. The van der Waals surface area contributed by atoms with Gasteiger partial charge in [0.15, 0.2) is 0 Å². The van der Waals surface area contributed by atoms with Gasteiger partial charge in [-0.25, -0.2) is 0 Å². The molecule has 2 atom stereocenters. The molecule has 104 valence electrons. The van der Waals surface area contributed by atoms with Crippen LogP contribution in [0.3, 0.4) is 0 Å². The van der Waals surface area contributed by atoms with Crippen LogP contribution >= 0.6 is 0 Å². The van der Waals surface area contributed by atoms with Crippen LogP contribution in [0, 0.1) is 11.3 Å². The molecule has 2 heteroatoms. The Kier molecular flexibility index (Phi) is 6.83. The summed E-state index contributed by atoms with van der Waals surface area (Å²) < 4.78 is 0. The summed E-state index contributed by atoms with van der Waals surface area (Å²) in [6.07, 6.45) is 7.43. The van der Waals surface area contributed by atoms with E-state index in [-0.39, 0.29) is 11.3 Å². The van der Waals surface area contributed by atoms with Gasteiger partial charge in [0, 0.05) is 14.0 Å². The molecule has 0 fully saturated rings. The van der Waals surface area contributed by atoms with Crippen molar-refractivity contribution < 1.29 is 4.79 Å². The average Bonchev–Trinajstić information content (AvgIpc) is 2.23.